The maximum atomic E-state index is 12.0. The Morgan fingerprint density at radius 2 is 2.32 bits per heavy atom. The summed E-state index contributed by atoms with van der Waals surface area (Å²) in [7, 11) is 0. The molecule has 0 saturated heterocycles. The third-order valence-electron chi connectivity index (χ3n) is 2.56. The van der Waals surface area contributed by atoms with Crippen molar-refractivity contribution >= 4 is 38.9 Å². The highest BCUT2D eigenvalue weighted by atomic mass is 79.9. The summed E-state index contributed by atoms with van der Waals surface area (Å²) >= 11 is 4.92. The van der Waals surface area contributed by atoms with E-state index in [0.29, 0.717) is 11.4 Å². The Balaban J connectivity index is 2.03. The van der Waals surface area contributed by atoms with Crippen LogP contribution in [0.25, 0.3) is 0 Å². The van der Waals surface area contributed by atoms with E-state index in [-0.39, 0.29) is 12.6 Å². The summed E-state index contributed by atoms with van der Waals surface area (Å²) in [6, 6.07) is 3.60. The monoisotopic (exact) mass is 342 g/mol. The lowest BCUT2D eigenvalue weighted by atomic mass is 10.4. The van der Waals surface area contributed by atoms with E-state index in [1.165, 1.54) is 0 Å². The second-order valence-corrected chi connectivity index (χ2v) is 6.07. The zero-order valence-electron chi connectivity index (χ0n) is 10.6. The molecule has 0 aliphatic rings. The Labute approximate surface area is 124 Å². The molecule has 2 aromatic heterocycles. The number of nitrogens with two attached hydrogens (primary N) is 1. The van der Waals surface area contributed by atoms with Crippen LogP contribution in [0.3, 0.4) is 0 Å². The van der Waals surface area contributed by atoms with Gasteiger partial charge in [-0.15, -0.1) is 11.3 Å². The summed E-state index contributed by atoms with van der Waals surface area (Å²) in [4.78, 5) is 13.0. The predicted octanol–water partition coefficient (Wildman–Crippen LogP) is 3.66. The molecule has 19 heavy (non-hydrogen) atoms. The molecule has 102 valence electrons. The zero-order valence-corrected chi connectivity index (χ0v) is 13.0. The average molecular weight is 343 g/mol. The molecule has 0 radical (unpaired) electrons. The molecule has 0 aliphatic heterocycles. The molecule has 0 unspecified atom stereocenters. The summed E-state index contributed by atoms with van der Waals surface area (Å²) in [6.07, 6.45) is 2.70. The fraction of sp³-hybridized carbons (Fsp3) is 0.308. The molecule has 0 spiro atoms. The summed E-state index contributed by atoms with van der Waals surface area (Å²) in [5.41, 5.74) is 6.82. The molecule has 4 nitrogen and oxygen atoms in total. The molecular weight excluding hydrogens is 328 g/mol. The highest BCUT2D eigenvalue weighted by molar-refractivity contribution is 9.10. The SMILES string of the molecule is CCCn1cc(N)cc1C(=O)OCc1cc(Br)cs1. The third kappa shape index (κ3) is 3.61. The molecule has 0 atom stereocenters. The standard InChI is InChI=1S/C13H15BrN2O2S/c1-2-3-16-6-10(15)5-12(16)13(17)18-7-11-4-9(14)8-19-11/h4-6,8H,2-3,7,15H2,1H3. The van der Waals surface area contributed by atoms with Crippen LogP contribution in [-0.2, 0) is 17.9 Å². The summed E-state index contributed by atoms with van der Waals surface area (Å²) < 4.78 is 8.14. The number of thiophene rings is 1. The van der Waals surface area contributed by atoms with Crippen molar-refractivity contribution in [3.63, 3.8) is 0 Å². The number of rotatable bonds is 5. The maximum Gasteiger partial charge on any atom is 0.355 e. The van der Waals surface area contributed by atoms with Crippen LogP contribution in [-0.4, -0.2) is 10.5 Å². The van der Waals surface area contributed by atoms with E-state index in [2.05, 4.69) is 22.9 Å². The molecule has 0 fully saturated rings. The molecule has 2 N–H and O–H groups in total. The highest BCUT2D eigenvalue weighted by Gasteiger charge is 2.14. The van der Waals surface area contributed by atoms with Gasteiger partial charge in [-0.2, -0.15) is 0 Å². The van der Waals surface area contributed by atoms with Gasteiger partial charge in [0, 0.05) is 27.5 Å². The molecule has 0 saturated carbocycles. The molecule has 0 bridgehead atoms. The number of aromatic nitrogens is 1. The van der Waals surface area contributed by atoms with Gasteiger partial charge in [0.15, 0.2) is 0 Å². The quantitative estimate of drug-likeness (QED) is 0.843. The predicted molar refractivity (Wildman–Crippen MR) is 80.3 cm³/mol. The van der Waals surface area contributed by atoms with Gasteiger partial charge in [0.05, 0.1) is 5.69 Å². The smallest absolute Gasteiger partial charge is 0.355 e. The Morgan fingerprint density at radius 3 is 2.95 bits per heavy atom. The van der Waals surface area contributed by atoms with Crippen LogP contribution in [0.15, 0.2) is 28.2 Å². The van der Waals surface area contributed by atoms with Crippen molar-refractivity contribution in [3.8, 4) is 0 Å². The topological polar surface area (TPSA) is 57.2 Å². The second kappa shape index (κ2) is 6.25. The first-order valence-electron chi connectivity index (χ1n) is 5.96. The van der Waals surface area contributed by atoms with E-state index < -0.39 is 0 Å². The van der Waals surface area contributed by atoms with Crippen LogP contribution < -0.4 is 5.73 Å². The second-order valence-electron chi connectivity index (χ2n) is 4.16. The maximum absolute atomic E-state index is 12.0. The van der Waals surface area contributed by atoms with Gasteiger partial charge in [0.1, 0.15) is 12.3 Å². The molecule has 6 heteroatoms. The van der Waals surface area contributed by atoms with Crippen molar-refractivity contribution in [2.45, 2.75) is 26.5 Å². The van der Waals surface area contributed by atoms with Crippen LogP contribution in [0, 0.1) is 0 Å². The Bertz CT molecular complexity index is 577. The van der Waals surface area contributed by atoms with Crippen LogP contribution in [0.1, 0.15) is 28.7 Å². The van der Waals surface area contributed by atoms with E-state index >= 15 is 0 Å². The van der Waals surface area contributed by atoms with Gasteiger partial charge in [-0.3, -0.25) is 0 Å². The minimum atomic E-state index is -0.338. The molecule has 0 aliphatic carbocycles. The molecule has 0 amide bonds. The van der Waals surface area contributed by atoms with Gasteiger partial charge in [-0.1, -0.05) is 6.92 Å². The molecule has 0 aromatic carbocycles. The number of ether oxygens (including phenoxy) is 1. The van der Waals surface area contributed by atoms with Crippen LogP contribution >= 0.6 is 27.3 Å². The van der Waals surface area contributed by atoms with Crippen LogP contribution in [0.4, 0.5) is 5.69 Å². The first-order chi connectivity index (χ1) is 9.10. The van der Waals surface area contributed by atoms with Crippen LogP contribution in [0.2, 0.25) is 0 Å². The highest BCUT2D eigenvalue weighted by Crippen LogP contribution is 2.21. The summed E-state index contributed by atoms with van der Waals surface area (Å²) in [5.74, 6) is -0.338. The number of esters is 1. The van der Waals surface area contributed by atoms with Crippen LogP contribution in [0.5, 0.6) is 0 Å². The van der Waals surface area contributed by atoms with E-state index in [4.69, 9.17) is 10.5 Å². The number of carbonyl (C=O) groups excluding carboxylic acids is 1. The third-order valence-corrected chi connectivity index (χ3v) is 4.23. The lowest BCUT2D eigenvalue weighted by molar-refractivity contribution is 0.0464. The van der Waals surface area contributed by atoms with Crippen molar-refractivity contribution in [1.29, 1.82) is 0 Å². The normalized spacial score (nSPS) is 10.6. The molecular formula is C13H15BrN2O2S. The van der Waals surface area contributed by atoms with Crippen molar-refractivity contribution in [3.05, 3.63) is 38.8 Å². The van der Waals surface area contributed by atoms with E-state index in [1.807, 2.05) is 16.0 Å². The Hall–Kier alpha value is -1.27. The first-order valence-corrected chi connectivity index (χ1v) is 7.63. The summed E-state index contributed by atoms with van der Waals surface area (Å²) in [6.45, 7) is 3.09. The first kappa shape index (κ1) is 14.1. The minimum Gasteiger partial charge on any atom is -0.455 e. The Morgan fingerprint density at radius 1 is 1.53 bits per heavy atom. The number of hydrogen-bond acceptors (Lipinski definition) is 4. The van der Waals surface area contributed by atoms with Gasteiger partial charge in [-0.05, 0) is 34.5 Å². The van der Waals surface area contributed by atoms with E-state index in [1.54, 1.807) is 23.6 Å². The van der Waals surface area contributed by atoms with Crippen molar-refractivity contribution in [1.82, 2.24) is 4.57 Å². The number of anilines is 1. The number of carbonyl (C=O) groups is 1. The minimum absolute atomic E-state index is 0.284. The number of halogens is 1. The Kier molecular flexibility index (Phi) is 4.66. The fourth-order valence-corrected chi connectivity index (χ4v) is 3.13. The number of nitrogens with zero attached hydrogens (tertiary/aromatic N) is 1. The van der Waals surface area contributed by atoms with Gasteiger partial charge in [0.25, 0.3) is 0 Å². The van der Waals surface area contributed by atoms with Crippen molar-refractivity contribution in [2.24, 2.45) is 0 Å². The van der Waals surface area contributed by atoms with E-state index in [9.17, 15) is 4.79 Å². The molecule has 2 aromatic rings. The van der Waals surface area contributed by atoms with Crippen molar-refractivity contribution < 1.29 is 9.53 Å². The number of nitrogen functional groups attached to an aromatic ring is 1. The zero-order chi connectivity index (χ0) is 13.8. The molecule has 2 rings (SSSR count). The van der Waals surface area contributed by atoms with Gasteiger partial charge in [0.2, 0.25) is 0 Å². The van der Waals surface area contributed by atoms with Gasteiger partial charge in [-0.25, -0.2) is 4.79 Å². The summed E-state index contributed by atoms with van der Waals surface area (Å²) in [5, 5.41) is 1.96. The largest absolute Gasteiger partial charge is 0.455 e. The van der Waals surface area contributed by atoms with Gasteiger partial charge < -0.3 is 15.0 Å². The molecule has 2 heterocycles. The number of hydrogen-bond donors (Lipinski definition) is 1. The van der Waals surface area contributed by atoms with E-state index in [0.717, 1.165) is 22.3 Å². The lowest BCUT2D eigenvalue weighted by Gasteiger charge is -2.07. The van der Waals surface area contributed by atoms with Crippen molar-refractivity contribution in [2.75, 3.05) is 5.73 Å². The van der Waals surface area contributed by atoms with Gasteiger partial charge >= 0.3 is 5.97 Å². The fourth-order valence-electron chi connectivity index (χ4n) is 1.77. The average Bonchev–Trinajstić information content (AvgIpc) is 2.93. The number of aryl methyl sites for hydroxylation is 1. The lowest BCUT2D eigenvalue weighted by Crippen LogP contribution is -2.11.